The topological polar surface area (TPSA) is 74.7 Å². The molecule has 4 rings (SSSR count). The first-order valence-electron chi connectivity index (χ1n) is 7.89. The second-order valence-electron chi connectivity index (χ2n) is 5.91. The molecular formula is C16H13F3N6S. The molecule has 0 saturated heterocycles. The Labute approximate surface area is 150 Å². The molecule has 0 atom stereocenters. The number of nitrogens with one attached hydrogen (secondary N) is 2. The minimum atomic E-state index is -4.36. The van der Waals surface area contributed by atoms with E-state index in [9.17, 15) is 13.2 Å². The second kappa shape index (κ2) is 6.20. The molecule has 26 heavy (non-hydrogen) atoms. The van der Waals surface area contributed by atoms with Crippen LogP contribution in [0.2, 0.25) is 0 Å². The van der Waals surface area contributed by atoms with E-state index < -0.39 is 11.7 Å². The third-order valence-electron chi connectivity index (χ3n) is 4.23. The van der Waals surface area contributed by atoms with Crippen LogP contribution < -0.4 is 0 Å². The molecule has 0 amide bonds. The summed E-state index contributed by atoms with van der Waals surface area (Å²) in [6.07, 6.45) is -0.0273. The Morgan fingerprint density at radius 2 is 1.88 bits per heavy atom. The van der Waals surface area contributed by atoms with Crippen molar-refractivity contribution in [2.45, 2.75) is 25.4 Å². The highest BCUT2D eigenvalue weighted by Gasteiger charge is 2.29. The standard InChI is InChI=1S/C16H13F3N6S/c17-16(18,19)10-6-4-9(5-7-10)8-20-25-14(23-24-15(25)26)13-11-2-1-3-12(11)21-22-13/h4-8H,1-3H2,(H,21,22)(H,24,26)/b20-8-. The predicted octanol–water partition coefficient (Wildman–Crippen LogP) is 3.72. The molecule has 10 heteroatoms. The van der Waals surface area contributed by atoms with Gasteiger partial charge in [-0.15, -0.1) is 0 Å². The van der Waals surface area contributed by atoms with E-state index in [1.54, 1.807) is 0 Å². The van der Waals surface area contributed by atoms with Gasteiger partial charge in [0, 0.05) is 11.3 Å². The van der Waals surface area contributed by atoms with Crippen molar-refractivity contribution in [3.05, 3.63) is 51.4 Å². The summed E-state index contributed by atoms with van der Waals surface area (Å²) in [5, 5.41) is 18.5. The van der Waals surface area contributed by atoms with Crippen LogP contribution in [-0.4, -0.2) is 31.3 Å². The van der Waals surface area contributed by atoms with Gasteiger partial charge >= 0.3 is 6.18 Å². The van der Waals surface area contributed by atoms with Crippen molar-refractivity contribution >= 4 is 18.4 Å². The number of rotatable bonds is 3. The van der Waals surface area contributed by atoms with Crippen LogP contribution in [0.3, 0.4) is 0 Å². The molecule has 0 saturated carbocycles. The Hall–Kier alpha value is -2.75. The van der Waals surface area contributed by atoms with Crippen LogP contribution in [0, 0.1) is 4.77 Å². The zero-order valence-corrected chi connectivity index (χ0v) is 14.2. The molecule has 6 nitrogen and oxygen atoms in total. The fourth-order valence-corrected chi connectivity index (χ4v) is 3.12. The van der Waals surface area contributed by atoms with Crippen molar-refractivity contribution in [1.29, 1.82) is 0 Å². The summed E-state index contributed by atoms with van der Waals surface area (Å²) < 4.78 is 39.6. The van der Waals surface area contributed by atoms with Crippen molar-refractivity contribution in [3.63, 3.8) is 0 Å². The third-order valence-corrected chi connectivity index (χ3v) is 4.49. The Morgan fingerprint density at radius 1 is 1.12 bits per heavy atom. The quantitative estimate of drug-likeness (QED) is 0.539. The van der Waals surface area contributed by atoms with E-state index in [1.807, 2.05) is 0 Å². The van der Waals surface area contributed by atoms with Crippen molar-refractivity contribution in [2.24, 2.45) is 5.10 Å². The van der Waals surface area contributed by atoms with Crippen LogP contribution in [-0.2, 0) is 19.0 Å². The first-order chi connectivity index (χ1) is 12.4. The van der Waals surface area contributed by atoms with Gasteiger partial charge < -0.3 is 0 Å². The van der Waals surface area contributed by atoms with Crippen molar-refractivity contribution in [1.82, 2.24) is 25.1 Å². The van der Waals surface area contributed by atoms with Gasteiger partial charge in [-0.25, -0.2) is 5.10 Å². The van der Waals surface area contributed by atoms with Gasteiger partial charge in [0.25, 0.3) is 0 Å². The van der Waals surface area contributed by atoms with Crippen LogP contribution in [0.25, 0.3) is 11.5 Å². The molecule has 0 unspecified atom stereocenters. The number of halogens is 3. The molecule has 134 valence electrons. The van der Waals surface area contributed by atoms with Crippen LogP contribution in [0.5, 0.6) is 0 Å². The summed E-state index contributed by atoms with van der Waals surface area (Å²) in [5.74, 6) is 0.470. The minimum Gasteiger partial charge on any atom is -0.282 e. The molecule has 0 radical (unpaired) electrons. The highest BCUT2D eigenvalue weighted by Crippen LogP contribution is 2.30. The first kappa shape index (κ1) is 16.7. The lowest BCUT2D eigenvalue weighted by Crippen LogP contribution is -2.04. The SMILES string of the molecule is FC(F)(F)c1ccc(/C=N\n2c(-c3n[nH]c4c3CCC4)n[nH]c2=S)cc1. The van der Waals surface area contributed by atoms with Gasteiger partial charge in [0.1, 0.15) is 5.69 Å². The number of aromatic amines is 2. The number of aryl methyl sites for hydroxylation is 1. The highest BCUT2D eigenvalue weighted by molar-refractivity contribution is 7.71. The molecule has 1 aromatic carbocycles. The van der Waals surface area contributed by atoms with Crippen molar-refractivity contribution in [3.8, 4) is 11.5 Å². The number of alkyl halides is 3. The molecule has 2 aromatic heterocycles. The van der Waals surface area contributed by atoms with E-state index >= 15 is 0 Å². The average Bonchev–Trinajstić information content (AvgIpc) is 3.28. The number of hydrogen-bond acceptors (Lipinski definition) is 4. The fraction of sp³-hybridized carbons (Fsp3) is 0.250. The normalized spacial score (nSPS) is 14.3. The van der Waals surface area contributed by atoms with Gasteiger partial charge in [-0.1, -0.05) is 12.1 Å². The van der Waals surface area contributed by atoms with Gasteiger partial charge in [0.2, 0.25) is 10.6 Å². The van der Waals surface area contributed by atoms with Crippen LogP contribution >= 0.6 is 12.2 Å². The van der Waals surface area contributed by atoms with Crippen molar-refractivity contribution in [2.75, 3.05) is 0 Å². The lowest BCUT2D eigenvalue weighted by Gasteiger charge is -2.05. The average molecular weight is 378 g/mol. The van der Waals surface area contributed by atoms with E-state index in [-0.39, 0.29) is 4.77 Å². The Morgan fingerprint density at radius 3 is 2.62 bits per heavy atom. The molecule has 1 aliphatic rings. The molecule has 1 aliphatic carbocycles. The second-order valence-corrected chi connectivity index (χ2v) is 6.30. The third kappa shape index (κ3) is 2.96. The molecule has 0 spiro atoms. The number of nitrogens with zero attached hydrogens (tertiary/aromatic N) is 4. The lowest BCUT2D eigenvalue weighted by molar-refractivity contribution is -0.137. The van der Waals surface area contributed by atoms with Crippen molar-refractivity contribution < 1.29 is 13.2 Å². The molecule has 2 N–H and O–H groups in total. The van der Waals surface area contributed by atoms with Crippen LogP contribution in [0.4, 0.5) is 13.2 Å². The fourth-order valence-electron chi connectivity index (χ4n) is 2.94. The van der Waals surface area contributed by atoms with Gasteiger partial charge in [-0.2, -0.15) is 33.1 Å². The highest BCUT2D eigenvalue weighted by atomic mass is 32.1. The van der Waals surface area contributed by atoms with Gasteiger partial charge in [0.15, 0.2) is 0 Å². The van der Waals surface area contributed by atoms with Crippen LogP contribution in [0.1, 0.15) is 28.8 Å². The summed E-state index contributed by atoms with van der Waals surface area (Å²) >= 11 is 5.20. The number of benzene rings is 1. The molecule has 0 fully saturated rings. The maximum atomic E-state index is 12.6. The summed E-state index contributed by atoms with van der Waals surface area (Å²) in [6, 6.07) is 4.72. The van der Waals surface area contributed by atoms with E-state index in [0.29, 0.717) is 17.1 Å². The van der Waals surface area contributed by atoms with Gasteiger partial charge in [-0.3, -0.25) is 5.10 Å². The Balaban J connectivity index is 1.66. The van der Waals surface area contributed by atoms with Crippen LogP contribution in [0.15, 0.2) is 29.4 Å². The number of H-pyrrole nitrogens is 2. The predicted molar refractivity (Wildman–Crippen MR) is 91.5 cm³/mol. The van der Waals surface area contributed by atoms with Gasteiger partial charge in [0.05, 0.1) is 11.8 Å². The van der Waals surface area contributed by atoms with E-state index in [1.165, 1.54) is 23.0 Å². The van der Waals surface area contributed by atoms with E-state index in [4.69, 9.17) is 12.2 Å². The molecule has 0 aliphatic heterocycles. The Kier molecular flexibility index (Phi) is 3.98. The van der Waals surface area contributed by atoms with E-state index in [0.717, 1.165) is 42.7 Å². The molecule has 3 aromatic rings. The largest absolute Gasteiger partial charge is 0.416 e. The molecular weight excluding hydrogens is 365 g/mol. The maximum absolute atomic E-state index is 12.6. The maximum Gasteiger partial charge on any atom is 0.416 e. The van der Waals surface area contributed by atoms with E-state index in [2.05, 4.69) is 25.5 Å². The first-order valence-corrected chi connectivity index (χ1v) is 8.30. The number of aromatic nitrogens is 5. The zero-order chi connectivity index (χ0) is 18.3. The smallest absolute Gasteiger partial charge is 0.282 e. The number of hydrogen-bond donors (Lipinski definition) is 2. The zero-order valence-electron chi connectivity index (χ0n) is 13.3. The molecule has 0 bridgehead atoms. The summed E-state index contributed by atoms with van der Waals surface area (Å²) in [7, 11) is 0. The molecule has 2 heterocycles. The minimum absolute atomic E-state index is 0.276. The summed E-state index contributed by atoms with van der Waals surface area (Å²) in [4.78, 5) is 0. The summed E-state index contributed by atoms with van der Waals surface area (Å²) in [5.41, 5.74) is 2.69. The lowest BCUT2D eigenvalue weighted by atomic mass is 10.1. The number of fused-ring (bicyclic) bond motifs is 1. The Bertz CT molecular complexity index is 1030. The van der Waals surface area contributed by atoms with Gasteiger partial charge in [-0.05, 0) is 49.2 Å². The monoisotopic (exact) mass is 378 g/mol. The summed E-state index contributed by atoms with van der Waals surface area (Å²) in [6.45, 7) is 0.